The highest BCUT2D eigenvalue weighted by molar-refractivity contribution is 5.77. The molecular formula is C13H18N2O3. The molecule has 0 spiro atoms. The number of carbonyl (C=O) groups is 1. The molecule has 0 atom stereocenters. The van der Waals surface area contributed by atoms with Crippen LogP contribution in [-0.4, -0.2) is 48.7 Å². The lowest BCUT2D eigenvalue weighted by molar-refractivity contribution is -0.136. The van der Waals surface area contributed by atoms with Crippen LogP contribution in [-0.2, 0) is 9.53 Å². The van der Waals surface area contributed by atoms with Crippen molar-refractivity contribution in [2.45, 2.75) is 18.9 Å². The number of nitrogens with zero attached hydrogens (tertiary/aromatic N) is 2. The Balaban J connectivity index is 1.78. The third-order valence-electron chi connectivity index (χ3n) is 2.99. The van der Waals surface area contributed by atoms with Crippen LogP contribution >= 0.6 is 0 Å². The van der Waals surface area contributed by atoms with Crippen molar-refractivity contribution < 1.29 is 14.3 Å². The summed E-state index contributed by atoms with van der Waals surface area (Å²) in [6.45, 7) is 1.60. The highest BCUT2D eigenvalue weighted by Crippen LogP contribution is 2.16. The van der Waals surface area contributed by atoms with Crippen molar-refractivity contribution in [3.8, 4) is 5.88 Å². The van der Waals surface area contributed by atoms with Gasteiger partial charge in [0.2, 0.25) is 11.8 Å². The van der Waals surface area contributed by atoms with E-state index in [-0.39, 0.29) is 18.6 Å². The Kier molecular flexibility index (Phi) is 4.52. The first-order chi connectivity index (χ1) is 8.79. The number of hydrogen-bond acceptors (Lipinski definition) is 4. The Labute approximate surface area is 107 Å². The summed E-state index contributed by atoms with van der Waals surface area (Å²) in [5, 5.41) is 0. The topological polar surface area (TPSA) is 51.7 Å². The van der Waals surface area contributed by atoms with E-state index in [1.54, 1.807) is 6.20 Å². The SMILES string of the molecule is COCC(=O)N1CCC(Oc2ccccn2)CC1. The molecule has 0 N–H and O–H groups in total. The summed E-state index contributed by atoms with van der Waals surface area (Å²) in [7, 11) is 1.54. The number of aromatic nitrogens is 1. The van der Waals surface area contributed by atoms with Crippen LogP contribution in [0.1, 0.15) is 12.8 Å². The summed E-state index contributed by atoms with van der Waals surface area (Å²) in [6, 6.07) is 5.61. The molecule has 0 aromatic carbocycles. The number of carbonyl (C=O) groups excluding carboxylic acids is 1. The second-order valence-electron chi connectivity index (χ2n) is 4.30. The molecule has 18 heavy (non-hydrogen) atoms. The molecule has 98 valence electrons. The average molecular weight is 250 g/mol. The van der Waals surface area contributed by atoms with Crippen molar-refractivity contribution in [2.24, 2.45) is 0 Å². The van der Waals surface area contributed by atoms with E-state index in [9.17, 15) is 4.79 Å². The van der Waals surface area contributed by atoms with Gasteiger partial charge >= 0.3 is 0 Å². The zero-order valence-electron chi connectivity index (χ0n) is 10.5. The smallest absolute Gasteiger partial charge is 0.248 e. The molecule has 0 aliphatic carbocycles. The summed E-state index contributed by atoms with van der Waals surface area (Å²) in [4.78, 5) is 17.6. The highest BCUT2D eigenvalue weighted by Gasteiger charge is 2.23. The molecule has 1 saturated heterocycles. The predicted octanol–water partition coefficient (Wildman–Crippen LogP) is 1.10. The molecule has 2 rings (SSSR count). The number of rotatable bonds is 4. The number of hydrogen-bond donors (Lipinski definition) is 0. The molecule has 0 saturated carbocycles. The quantitative estimate of drug-likeness (QED) is 0.803. The molecule has 1 aromatic heterocycles. The largest absolute Gasteiger partial charge is 0.474 e. The number of pyridine rings is 1. The predicted molar refractivity (Wildman–Crippen MR) is 66.3 cm³/mol. The zero-order valence-corrected chi connectivity index (χ0v) is 10.5. The lowest BCUT2D eigenvalue weighted by Gasteiger charge is -2.31. The molecule has 0 unspecified atom stereocenters. The molecule has 1 fully saturated rings. The van der Waals surface area contributed by atoms with Gasteiger partial charge in [0.25, 0.3) is 0 Å². The van der Waals surface area contributed by atoms with Gasteiger partial charge in [0, 0.05) is 45.3 Å². The van der Waals surface area contributed by atoms with Crippen molar-refractivity contribution >= 4 is 5.91 Å². The standard InChI is InChI=1S/C13H18N2O3/c1-17-10-13(16)15-8-5-11(6-9-15)18-12-4-2-3-7-14-12/h2-4,7,11H,5-6,8-10H2,1H3. The molecule has 1 aliphatic heterocycles. The molecule has 2 heterocycles. The minimum absolute atomic E-state index is 0.0498. The number of piperidine rings is 1. The molecular weight excluding hydrogens is 232 g/mol. The third-order valence-corrected chi connectivity index (χ3v) is 2.99. The van der Waals surface area contributed by atoms with Crippen molar-refractivity contribution in [1.29, 1.82) is 0 Å². The van der Waals surface area contributed by atoms with Crippen LogP contribution in [0, 0.1) is 0 Å². The lowest BCUT2D eigenvalue weighted by Crippen LogP contribution is -2.43. The van der Waals surface area contributed by atoms with Crippen LogP contribution in [0.4, 0.5) is 0 Å². The molecule has 0 radical (unpaired) electrons. The average Bonchev–Trinajstić information content (AvgIpc) is 2.41. The van der Waals surface area contributed by atoms with Gasteiger partial charge in [-0.15, -0.1) is 0 Å². The first-order valence-corrected chi connectivity index (χ1v) is 6.14. The Morgan fingerprint density at radius 2 is 2.22 bits per heavy atom. The number of ether oxygens (including phenoxy) is 2. The third kappa shape index (κ3) is 3.43. The Morgan fingerprint density at radius 3 is 2.83 bits per heavy atom. The van der Waals surface area contributed by atoms with Crippen LogP contribution in [0.15, 0.2) is 24.4 Å². The maximum absolute atomic E-state index is 11.6. The van der Waals surface area contributed by atoms with Crippen LogP contribution in [0.25, 0.3) is 0 Å². The first kappa shape index (κ1) is 12.8. The number of methoxy groups -OCH3 is 1. The van der Waals surface area contributed by atoms with E-state index in [1.807, 2.05) is 23.1 Å². The Bertz CT molecular complexity index is 375. The van der Waals surface area contributed by atoms with Crippen molar-refractivity contribution in [3.05, 3.63) is 24.4 Å². The fourth-order valence-electron chi connectivity index (χ4n) is 2.03. The van der Waals surface area contributed by atoms with E-state index < -0.39 is 0 Å². The maximum Gasteiger partial charge on any atom is 0.248 e. The molecule has 1 aliphatic rings. The summed E-state index contributed by atoms with van der Waals surface area (Å²) in [5.41, 5.74) is 0. The summed E-state index contributed by atoms with van der Waals surface area (Å²) in [5.74, 6) is 0.702. The first-order valence-electron chi connectivity index (χ1n) is 6.14. The monoisotopic (exact) mass is 250 g/mol. The van der Waals surface area contributed by atoms with Gasteiger partial charge in [-0.1, -0.05) is 6.07 Å². The van der Waals surface area contributed by atoms with E-state index in [1.165, 1.54) is 7.11 Å². The Hall–Kier alpha value is -1.62. The van der Waals surface area contributed by atoms with Crippen LogP contribution < -0.4 is 4.74 Å². The van der Waals surface area contributed by atoms with E-state index >= 15 is 0 Å². The van der Waals surface area contributed by atoms with E-state index in [4.69, 9.17) is 9.47 Å². The van der Waals surface area contributed by atoms with Gasteiger partial charge in [0.1, 0.15) is 12.7 Å². The van der Waals surface area contributed by atoms with E-state index in [2.05, 4.69) is 4.98 Å². The number of likely N-dealkylation sites (tertiary alicyclic amines) is 1. The van der Waals surface area contributed by atoms with Crippen molar-refractivity contribution in [3.63, 3.8) is 0 Å². The molecule has 1 amide bonds. The molecule has 5 nitrogen and oxygen atoms in total. The van der Waals surface area contributed by atoms with Gasteiger partial charge in [-0.2, -0.15) is 0 Å². The maximum atomic E-state index is 11.6. The summed E-state index contributed by atoms with van der Waals surface area (Å²) in [6.07, 6.45) is 3.54. The fourth-order valence-corrected chi connectivity index (χ4v) is 2.03. The van der Waals surface area contributed by atoms with Crippen molar-refractivity contribution in [2.75, 3.05) is 26.8 Å². The zero-order chi connectivity index (χ0) is 12.8. The van der Waals surface area contributed by atoms with Crippen LogP contribution in [0.2, 0.25) is 0 Å². The van der Waals surface area contributed by atoms with E-state index in [0.29, 0.717) is 5.88 Å². The fraction of sp³-hybridized carbons (Fsp3) is 0.538. The van der Waals surface area contributed by atoms with Gasteiger partial charge in [0.15, 0.2) is 0 Å². The molecule has 5 heteroatoms. The lowest BCUT2D eigenvalue weighted by atomic mass is 10.1. The van der Waals surface area contributed by atoms with Crippen molar-refractivity contribution in [1.82, 2.24) is 9.88 Å². The van der Waals surface area contributed by atoms with Crippen LogP contribution in [0.5, 0.6) is 5.88 Å². The van der Waals surface area contributed by atoms with Gasteiger partial charge in [0.05, 0.1) is 0 Å². The molecule has 0 bridgehead atoms. The molecule has 1 aromatic rings. The van der Waals surface area contributed by atoms with E-state index in [0.717, 1.165) is 25.9 Å². The van der Waals surface area contributed by atoms with Gasteiger partial charge in [-0.25, -0.2) is 4.98 Å². The highest BCUT2D eigenvalue weighted by atomic mass is 16.5. The second kappa shape index (κ2) is 6.35. The van der Waals surface area contributed by atoms with Gasteiger partial charge in [-0.3, -0.25) is 4.79 Å². The Morgan fingerprint density at radius 1 is 1.44 bits per heavy atom. The van der Waals surface area contributed by atoms with Crippen LogP contribution in [0.3, 0.4) is 0 Å². The normalized spacial score (nSPS) is 16.6. The number of amides is 1. The minimum atomic E-state index is 0.0498. The second-order valence-corrected chi connectivity index (χ2v) is 4.30. The minimum Gasteiger partial charge on any atom is -0.474 e. The summed E-state index contributed by atoms with van der Waals surface area (Å²) < 4.78 is 10.6. The summed E-state index contributed by atoms with van der Waals surface area (Å²) >= 11 is 0. The van der Waals surface area contributed by atoms with Gasteiger partial charge in [-0.05, 0) is 6.07 Å². The van der Waals surface area contributed by atoms with Gasteiger partial charge < -0.3 is 14.4 Å².